The number of nitrogens with one attached hydrogen (secondary N) is 1. The predicted molar refractivity (Wildman–Crippen MR) is 70.7 cm³/mol. The molecule has 2 rings (SSSR count). The highest BCUT2D eigenvalue weighted by Gasteiger charge is 2.15. The molecule has 1 aliphatic rings. The van der Waals surface area contributed by atoms with Crippen molar-refractivity contribution in [3.05, 3.63) is 17.5 Å². The fourth-order valence-electron chi connectivity index (χ4n) is 2.39. The minimum atomic E-state index is 0.284. The summed E-state index contributed by atoms with van der Waals surface area (Å²) in [5, 5.41) is 7.66. The van der Waals surface area contributed by atoms with Crippen LogP contribution in [-0.4, -0.2) is 53.2 Å². The van der Waals surface area contributed by atoms with Crippen molar-refractivity contribution in [3.8, 4) is 0 Å². The molecule has 0 saturated carbocycles. The molecule has 5 nitrogen and oxygen atoms in total. The average Bonchev–Trinajstić information content (AvgIpc) is 2.70. The number of hydrogen-bond donors (Lipinski definition) is 1. The Bertz CT molecular complexity index is 407. The Morgan fingerprint density at radius 2 is 2.17 bits per heavy atom. The molecule has 5 heteroatoms. The van der Waals surface area contributed by atoms with Gasteiger partial charge in [-0.1, -0.05) is 0 Å². The number of aromatic nitrogens is 2. The van der Waals surface area contributed by atoms with Crippen LogP contribution in [0.25, 0.3) is 0 Å². The predicted octanol–water partition coefficient (Wildman–Crippen LogP) is 0.228. The summed E-state index contributed by atoms with van der Waals surface area (Å²) in [7, 11) is 0. The van der Waals surface area contributed by atoms with E-state index in [0.29, 0.717) is 13.0 Å². The molecule has 100 valence electrons. The summed E-state index contributed by atoms with van der Waals surface area (Å²) >= 11 is 0. The summed E-state index contributed by atoms with van der Waals surface area (Å²) in [6.07, 6.45) is 0.499. The summed E-state index contributed by atoms with van der Waals surface area (Å²) in [6, 6.07) is 2.01. The molecular formula is C13H22N4O. The van der Waals surface area contributed by atoms with Gasteiger partial charge in [-0.25, -0.2) is 0 Å². The van der Waals surface area contributed by atoms with E-state index < -0.39 is 0 Å². The second kappa shape index (κ2) is 6.11. The largest absolute Gasteiger partial charge is 0.314 e. The van der Waals surface area contributed by atoms with Crippen molar-refractivity contribution >= 4 is 5.78 Å². The zero-order chi connectivity index (χ0) is 13.0. The minimum absolute atomic E-state index is 0.284. The van der Waals surface area contributed by atoms with Crippen molar-refractivity contribution in [2.75, 3.05) is 32.7 Å². The summed E-state index contributed by atoms with van der Waals surface area (Å²) < 4.78 is 1.92. The highest BCUT2D eigenvalue weighted by molar-refractivity contribution is 5.82. The molecule has 0 spiro atoms. The van der Waals surface area contributed by atoms with Crippen LogP contribution in [0.15, 0.2) is 6.07 Å². The monoisotopic (exact) mass is 250 g/mol. The van der Waals surface area contributed by atoms with E-state index in [0.717, 1.165) is 44.1 Å². The third-order valence-electron chi connectivity index (χ3n) is 3.27. The van der Waals surface area contributed by atoms with Gasteiger partial charge in [-0.3, -0.25) is 14.4 Å². The number of Topliss-reactive ketones (excluding diaryl/α,β-unsaturated/α-hetero) is 1. The Morgan fingerprint density at radius 3 is 2.83 bits per heavy atom. The van der Waals surface area contributed by atoms with E-state index in [1.165, 1.54) is 0 Å². The third-order valence-corrected chi connectivity index (χ3v) is 3.27. The van der Waals surface area contributed by atoms with E-state index in [1.54, 1.807) is 0 Å². The molecule has 0 bridgehead atoms. The topological polar surface area (TPSA) is 50.2 Å². The number of ketones is 1. The lowest BCUT2D eigenvalue weighted by atomic mass is 10.2. The molecular weight excluding hydrogens is 228 g/mol. The van der Waals surface area contributed by atoms with Gasteiger partial charge in [0.15, 0.2) is 5.78 Å². The van der Waals surface area contributed by atoms with Gasteiger partial charge in [0.1, 0.15) is 0 Å². The maximum Gasteiger partial charge on any atom is 0.152 e. The Kier molecular flexibility index (Phi) is 4.49. The van der Waals surface area contributed by atoms with Gasteiger partial charge in [-0.05, 0) is 19.9 Å². The Hall–Kier alpha value is -1.20. The minimum Gasteiger partial charge on any atom is -0.314 e. The molecule has 0 amide bonds. The van der Waals surface area contributed by atoms with Crippen LogP contribution in [0.3, 0.4) is 0 Å². The molecule has 1 fully saturated rings. The number of aryl methyl sites for hydroxylation is 2. The molecule has 0 aromatic carbocycles. The first-order chi connectivity index (χ1) is 8.69. The van der Waals surface area contributed by atoms with Gasteiger partial charge in [-0.2, -0.15) is 5.10 Å². The molecule has 0 aliphatic carbocycles. The van der Waals surface area contributed by atoms with E-state index in [1.807, 2.05) is 17.7 Å². The molecule has 1 aromatic rings. The lowest BCUT2D eigenvalue weighted by molar-refractivity contribution is -0.119. The molecule has 1 aliphatic heterocycles. The first-order valence-corrected chi connectivity index (χ1v) is 6.67. The first-order valence-electron chi connectivity index (χ1n) is 6.67. The zero-order valence-electron chi connectivity index (χ0n) is 11.3. The van der Waals surface area contributed by atoms with Crippen LogP contribution >= 0.6 is 0 Å². The molecule has 1 saturated heterocycles. The number of piperazine rings is 1. The zero-order valence-corrected chi connectivity index (χ0v) is 11.3. The Balaban J connectivity index is 1.89. The second-order valence-corrected chi connectivity index (χ2v) is 4.83. The smallest absolute Gasteiger partial charge is 0.152 e. The number of nitrogens with zero attached hydrogens (tertiary/aromatic N) is 3. The van der Waals surface area contributed by atoms with Gasteiger partial charge in [-0.15, -0.1) is 0 Å². The van der Waals surface area contributed by atoms with Crippen molar-refractivity contribution < 1.29 is 4.79 Å². The van der Waals surface area contributed by atoms with Crippen LogP contribution < -0.4 is 5.32 Å². The maximum absolute atomic E-state index is 12.1. The van der Waals surface area contributed by atoms with Crippen LogP contribution in [0, 0.1) is 6.92 Å². The van der Waals surface area contributed by atoms with E-state index in [4.69, 9.17) is 0 Å². The molecule has 2 heterocycles. The molecule has 0 atom stereocenters. The second-order valence-electron chi connectivity index (χ2n) is 4.83. The van der Waals surface area contributed by atoms with Crippen LogP contribution in [0.5, 0.6) is 0 Å². The Morgan fingerprint density at radius 1 is 1.44 bits per heavy atom. The van der Waals surface area contributed by atoms with Gasteiger partial charge >= 0.3 is 0 Å². The highest BCUT2D eigenvalue weighted by Crippen LogP contribution is 2.06. The first kappa shape index (κ1) is 13.2. The van der Waals surface area contributed by atoms with Crippen molar-refractivity contribution in [1.82, 2.24) is 20.0 Å². The fraction of sp³-hybridized carbons (Fsp3) is 0.692. The van der Waals surface area contributed by atoms with E-state index in [-0.39, 0.29) is 5.78 Å². The lowest BCUT2D eigenvalue weighted by Gasteiger charge is -2.26. The van der Waals surface area contributed by atoms with E-state index >= 15 is 0 Å². The molecule has 1 aromatic heterocycles. The summed E-state index contributed by atoms with van der Waals surface area (Å²) in [4.78, 5) is 14.3. The van der Waals surface area contributed by atoms with E-state index in [2.05, 4.69) is 22.2 Å². The third kappa shape index (κ3) is 3.40. The Labute approximate surface area is 108 Å². The number of hydrogen-bond acceptors (Lipinski definition) is 4. The molecule has 0 unspecified atom stereocenters. The summed E-state index contributed by atoms with van der Waals surface area (Å²) in [6.45, 7) is 9.32. The number of carbonyl (C=O) groups excluding carboxylic acids is 1. The number of carbonyl (C=O) groups is 1. The lowest BCUT2D eigenvalue weighted by Crippen LogP contribution is -2.45. The highest BCUT2D eigenvalue weighted by atomic mass is 16.1. The van der Waals surface area contributed by atoms with Crippen LogP contribution in [0.4, 0.5) is 0 Å². The van der Waals surface area contributed by atoms with Crippen molar-refractivity contribution in [2.45, 2.75) is 26.8 Å². The van der Waals surface area contributed by atoms with Crippen molar-refractivity contribution in [1.29, 1.82) is 0 Å². The van der Waals surface area contributed by atoms with Gasteiger partial charge in [0.25, 0.3) is 0 Å². The van der Waals surface area contributed by atoms with Gasteiger partial charge < -0.3 is 5.32 Å². The normalized spacial score (nSPS) is 17.0. The SMILES string of the molecule is CCn1nc(C)cc1CC(=O)CN1CCNCC1. The van der Waals surface area contributed by atoms with Gasteiger partial charge in [0, 0.05) is 44.8 Å². The molecule has 1 N–H and O–H groups in total. The quantitative estimate of drug-likeness (QED) is 0.812. The van der Waals surface area contributed by atoms with Gasteiger partial charge in [0.05, 0.1) is 12.2 Å². The average molecular weight is 250 g/mol. The number of rotatable bonds is 5. The van der Waals surface area contributed by atoms with Crippen molar-refractivity contribution in [3.63, 3.8) is 0 Å². The molecule has 18 heavy (non-hydrogen) atoms. The maximum atomic E-state index is 12.1. The summed E-state index contributed by atoms with van der Waals surface area (Å²) in [5.74, 6) is 0.284. The standard InChI is InChI=1S/C13H22N4O/c1-3-17-12(8-11(2)15-17)9-13(18)10-16-6-4-14-5-7-16/h8,14H,3-7,9-10H2,1-2H3. The van der Waals surface area contributed by atoms with Gasteiger partial charge in [0.2, 0.25) is 0 Å². The van der Waals surface area contributed by atoms with Crippen LogP contribution in [-0.2, 0) is 17.8 Å². The molecule has 0 radical (unpaired) electrons. The van der Waals surface area contributed by atoms with Crippen LogP contribution in [0.2, 0.25) is 0 Å². The van der Waals surface area contributed by atoms with Crippen molar-refractivity contribution in [2.24, 2.45) is 0 Å². The van der Waals surface area contributed by atoms with Crippen LogP contribution in [0.1, 0.15) is 18.3 Å². The summed E-state index contributed by atoms with van der Waals surface area (Å²) in [5.41, 5.74) is 2.02. The fourth-order valence-corrected chi connectivity index (χ4v) is 2.39. The van der Waals surface area contributed by atoms with E-state index in [9.17, 15) is 4.79 Å².